The van der Waals surface area contributed by atoms with Crippen LogP contribution in [0.2, 0.25) is 0 Å². The van der Waals surface area contributed by atoms with Crippen molar-refractivity contribution in [3.63, 3.8) is 0 Å². The zero-order valence-corrected chi connectivity index (χ0v) is 20.2. The Morgan fingerprint density at radius 1 is 1.33 bits per heavy atom. The number of aliphatic hydroxyl groups excluding tert-OH is 1. The summed E-state index contributed by atoms with van der Waals surface area (Å²) >= 11 is 0.728. The molecule has 12 heteroatoms. The first kappa shape index (κ1) is 24.6. The number of sulfone groups is 1. The van der Waals surface area contributed by atoms with E-state index in [0.717, 1.165) is 16.9 Å². The third-order valence-corrected chi connectivity index (χ3v) is 8.72. The second-order valence-electron chi connectivity index (χ2n) is 8.94. The lowest BCUT2D eigenvalue weighted by molar-refractivity contribution is -0.135. The fourth-order valence-corrected chi connectivity index (χ4v) is 6.76. The summed E-state index contributed by atoms with van der Waals surface area (Å²) in [6.07, 6.45) is 0.554. The van der Waals surface area contributed by atoms with Gasteiger partial charge in [0.05, 0.1) is 31.2 Å². The number of hydrogen-bond donors (Lipinski definition) is 1. The van der Waals surface area contributed by atoms with Crippen LogP contribution in [0.1, 0.15) is 52.3 Å². The van der Waals surface area contributed by atoms with Crippen LogP contribution < -0.4 is 0 Å². The Bertz CT molecular complexity index is 1100. The molecule has 2 aromatic heterocycles. The number of ether oxygens (including phenoxy) is 1. The largest absolute Gasteiger partial charge is 0.425 e. The van der Waals surface area contributed by atoms with E-state index in [1.807, 2.05) is 6.20 Å². The number of halogens is 3. The highest BCUT2D eigenvalue weighted by atomic mass is 32.2. The topological polar surface area (TPSA) is 84.7 Å². The highest BCUT2D eigenvalue weighted by Gasteiger charge is 2.47. The number of likely N-dealkylation sites (tertiary alicyclic amines) is 1. The molecule has 1 spiro atoms. The molecule has 1 unspecified atom stereocenters. The smallest absolute Gasteiger partial charge is 0.389 e. The maximum atomic E-state index is 13.7. The molecule has 0 bridgehead atoms. The fraction of sp³-hybridized carbons (Fsp3) is 0.667. The second-order valence-corrected chi connectivity index (χ2v) is 12.2. The number of thiophene rings is 1. The SMILES string of the molecule is CC(O)c1c(C(F)(F)F)sc2c1CCOC21CCN(Cc2cnn(CCS(C)(=O)=O)c2)CC1. The van der Waals surface area contributed by atoms with Gasteiger partial charge in [0.25, 0.3) is 0 Å². The number of alkyl halides is 3. The molecule has 2 aromatic rings. The molecule has 33 heavy (non-hydrogen) atoms. The molecule has 0 radical (unpaired) electrons. The summed E-state index contributed by atoms with van der Waals surface area (Å²) in [7, 11) is -3.07. The molecule has 0 saturated carbocycles. The summed E-state index contributed by atoms with van der Waals surface area (Å²) in [4.78, 5) is 2.11. The minimum absolute atomic E-state index is 0.00844. The van der Waals surface area contributed by atoms with Gasteiger partial charge in [0, 0.05) is 48.1 Å². The Hall–Kier alpha value is -1.47. The number of nitrogens with zero attached hydrogens (tertiary/aromatic N) is 3. The third kappa shape index (κ3) is 5.29. The molecular weight excluding hydrogens is 479 g/mol. The van der Waals surface area contributed by atoms with Gasteiger partial charge in [-0.15, -0.1) is 11.3 Å². The zero-order valence-electron chi connectivity index (χ0n) is 18.6. The first-order valence-electron chi connectivity index (χ1n) is 10.8. The Morgan fingerprint density at radius 2 is 2.03 bits per heavy atom. The second kappa shape index (κ2) is 8.95. The third-order valence-electron chi connectivity index (χ3n) is 6.32. The predicted octanol–water partition coefficient (Wildman–Crippen LogP) is 3.13. The lowest BCUT2D eigenvalue weighted by atomic mass is 9.83. The molecule has 0 aromatic carbocycles. The molecule has 2 aliphatic rings. The van der Waals surface area contributed by atoms with Crippen LogP contribution in [-0.2, 0) is 45.9 Å². The number of aliphatic hydroxyl groups is 1. The molecule has 4 heterocycles. The monoisotopic (exact) mass is 507 g/mol. The van der Waals surface area contributed by atoms with Crippen molar-refractivity contribution in [2.75, 3.05) is 31.7 Å². The van der Waals surface area contributed by atoms with Crippen LogP contribution in [0.4, 0.5) is 13.2 Å². The van der Waals surface area contributed by atoms with Crippen molar-refractivity contribution in [3.05, 3.63) is 38.8 Å². The van der Waals surface area contributed by atoms with E-state index in [9.17, 15) is 26.7 Å². The Kier molecular flexibility index (Phi) is 6.69. The summed E-state index contributed by atoms with van der Waals surface area (Å²) in [5, 5.41) is 14.3. The molecule has 1 atom stereocenters. The molecule has 1 saturated heterocycles. The maximum Gasteiger partial charge on any atom is 0.425 e. The van der Waals surface area contributed by atoms with Gasteiger partial charge in [0.1, 0.15) is 20.3 Å². The number of aryl methyl sites for hydroxylation is 1. The van der Waals surface area contributed by atoms with E-state index in [0.29, 0.717) is 62.5 Å². The number of piperidine rings is 1. The minimum Gasteiger partial charge on any atom is -0.389 e. The van der Waals surface area contributed by atoms with Crippen LogP contribution in [-0.4, -0.2) is 59.9 Å². The van der Waals surface area contributed by atoms with Crippen molar-refractivity contribution < 1.29 is 31.4 Å². The molecule has 1 N–H and O–H groups in total. The summed E-state index contributed by atoms with van der Waals surface area (Å²) in [5.41, 5.74) is 0.821. The van der Waals surface area contributed by atoms with Crippen LogP contribution in [0.25, 0.3) is 0 Å². The molecular formula is C21H28F3N3O4S2. The Morgan fingerprint density at radius 3 is 2.64 bits per heavy atom. The van der Waals surface area contributed by atoms with E-state index >= 15 is 0 Å². The van der Waals surface area contributed by atoms with E-state index in [2.05, 4.69) is 10.00 Å². The molecule has 184 valence electrons. The molecule has 0 amide bonds. The van der Waals surface area contributed by atoms with Crippen molar-refractivity contribution in [1.29, 1.82) is 0 Å². The van der Waals surface area contributed by atoms with Crippen LogP contribution in [0.5, 0.6) is 0 Å². The Balaban J connectivity index is 1.47. The maximum absolute atomic E-state index is 13.7. The van der Waals surface area contributed by atoms with E-state index in [4.69, 9.17) is 4.74 Å². The van der Waals surface area contributed by atoms with Gasteiger partial charge in [-0.25, -0.2) is 8.42 Å². The van der Waals surface area contributed by atoms with E-state index < -0.39 is 32.6 Å². The van der Waals surface area contributed by atoms with Crippen LogP contribution in [0.3, 0.4) is 0 Å². The van der Waals surface area contributed by atoms with Crippen molar-refractivity contribution in [2.45, 2.75) is 57.2 Å². The number of fused-ring (bicyclic) bond motifs is 2. The highest BCUT2D eigenvalue weighted by molar-refractivity contribution is 7.90. The Labute approximate surface area is 195 Å². The molecule has 7 nitrogen and oxygen atoms in total. The standard InChI is InChI=1S/C21H28F3N3O4S2/c1-14(28)17-16-3-9-31-20(18(16)32-19(17)21(22,23)24)4-6-26(7-5-20)12-15-11-25-27(13-15)8-10-33(2,29)30/h11,13-14,28H,3-10,12H2,1-2H3. The lowest BCUT2D eigenvalue weighted by Gasteiger charge is -2.44. The first-order valence-corrected chi connectivity index (χ1v) is 13.7. The van der Waals surface area contributed by atoms with Crippen LogP contribution >= 0.6 is 11.3 Å². The number of aromatic nitrogens is 2. The van der Waals surface area contributed by atoms with Gasteiger partial charge in [0.15, 0.2) is 0 Å². The highest BCUT2D eigenvalue weighted by Crippen LogP contribution is 2.52. The fourth-order valence-electron chi connectivity index (χ4n) is 4.73. The quantitative estimate of drug-likeness (QED) is 0.647. The molecule has 4 rings (SSSR count). The zero-order chi connectivity index (χ0) is 24.0. The van der Waals surface area contributed by atoms with Crippen molar-refractivity contribution in [3.8, 4) is 0 Å². The molecule has 1 fully saturated rings. The van der Waals surface area contributed by atoms with Gasteiger partial charge in [-0.1, -0.05) is 0 Å². The van der Waals surface area contributed by atoms with Gasteiger partial charge >= 0.3 is 6.18 Å². The van der Waals surface area contributed by atoms with E-state index in [1.165, 1.54) is 13.2 Å². The number of rotatable bonds is 6. The minimum atomic E-state index is -4.51. The van der Waals surface area contributed by atoms with Gasteiger partial charge < -0.3 is 9.84 Å². The van der Waals surface area contributed by atoms with Crippen molar-refractivity contribution >= 4 is 21.2 Å². The van der Waals surface area contributed by atoms with Gasteiger partial charge in [-0.3, -0.25) is 9.58 Å². The van der Waals surface area contributed by atoms with Gasteiger partial charge in [-0.05, 0) is 31.7 Å². The summed E-state index contributed by atoms with van der Waals surface area (Å²) < 4.78 is 71.5. The predicted molar refractivity (Wildman–Crippen MR) is 118 cm³/mol. The normalized spacial score (nSPS) is 20.2. The summed E-state index contributed by atoms with van der Waals surface area (Å²) in [6.45, 7) is 3.95. The van der Waals surface area contributed by atoms with Crippen molar-refractivity contribution in [2.24, 2.45) is 0 Å². The van der Waals surface area contributed by atoms with Gasteiger partial charge in [0.2, 0.25) is 0 Å². The first-order chi connectivity index (χ1) is 15.4. The summed E-state index contributed by atoms with van der Waals surface area (Å²) in [6, 6.07) is 0. The van der Waals surface area contributed by atoms with Crippen LogP contribution in [0.15, 0.2) is 12.4 Å². The molecule has 2 aliphatic heterocycles. The average Bonchev–Trinajstić information content (AvgIpc) is 3.33. The molecule has 0 aliphatic carbocycles. The average molecular weight is 508 g/mol. The van der Waals surface area contributed by atoms with Gasteiger partial charge in [-0.2, -0.15) is 18.3 Å². The van der Waals surface area contributed by atoms with E-state index in [1.54, 1.807) is 10.9 Å². The number of hydrogen-bond acceptors (Lipinski definition) is 7. The lowest BCUT2D eigenvalue weighted by Crippen LogP contribution is -2.45. The summed E-state index contributed by atoms with van der Waals surface area (Å²) in [5.74, 6) is 0.0230. The van der Waals surface area contributed by atoms with Crippen LogP contribution in [0, 0.1) is 0 Å². The van der Waals surface area contributed by atoms with Crippen molar-refractivity contribution in [1.82, 2.24) is 14.7 Å². The van der Waals surface area contributed by atoms with E-state index in [-0.39, 0.29) is 11.3 Å².